The van der Waals surface area contributed by atoms with Gasteiger partial charge in [0.1, 0.15) is 18.4 Å². The molecule has 3 heteroatoms. The van der Waals surface area contributed by atoms with Gasteiger partial charge >= 0.3 is 0 Å². The van der Waals surface area contributed by atoms with Crippen molar-refractivity contribution in [2.24, 2.45) is 11.1 Å². The van der Waals surface area contributed by atoms with Crippen LogP contribution in [0, 0.1) is 5.92 Å². The number of fused-ring (bicyclic) bond motifs is 1. The smallest absolute Gasteiger partial charge is 0.153 e. The standard InChI is InChI=1S/C21H21NO2/c1-21(17-9-4-3-5-10-17)13-16(14-21)20(22-23-2)19-12-15-8-6-7-11-18(15)24-19/h3-12,16H,13-14H2,1-2H3. The Labute approximate surface area is 141 Å². The summed E-state index contributed by atoms with van der Waals surface area (Å²) in [6.45, 7) is 2.32. The number of para-hydroxylation sites is 1. The first-order valence-electron chi connectivity index (χ1n) is 8.35. The maximum atomic E-state index is 6.00. The maximum Gasteiger partial charge on any atom is 0.153 e. The Morgan fingerprint density at radius 3 is 2.50 bits per heavy atom. The molecule has 0 radical (unpaired) electrons. The zero-order valence-electron chi connectivity index (χ0n) is 14.0. The molecule has 0 spiro atoms. The van der Waals surface area contributed by atoms with Crippen molar-refractivity contribution < 1.29 is 9.25 Å². The second kappa shape index (κ2) is 5.82. The van der Waals surface area contributed by atoms with E-state index in [4.69, 9.17) is 9.25 Å². The molecule has 2 aromatic carbocycles. The van der Waals surface area contributed by atoms with Gasteiger partial charge in [-0.2, -0.15) is 0 Å². The highest BCUT2D eigenvalue weighted by atomic mass is 16.6. The topological polar surface area (TPSA) is 34.7 Å². The Hall–Kier alpha value is -2.55. The Bertz CT molecular complexity index is 840. The lowest BCUT2D eigenvalue weighted by Gasteiger charge is -2.45. The van der Waals surface area contributed by atoms with Gasteiger partial charge in [0.2, 0.25) is 0 Å². The Morgan fingerprint density at radius 1 is 1.08 bits per heavy atom. The second-order valence-corrected chi connectivity index (χ2v) is 6.84. The van der Waals surface area contributed by atoms with Gasteiger partial charge in [-0.25, -0.2) is 0 Å². The molecular weight excluding hydrogens is 298 g/mol. The predicted molar refractivity (Wildman–Crippen MR) is 96.3 cm³/mol. The molecular formula is C21H21NO2. The second-order valence-electron chi connectivity index (χ2n) is 6.84. The van der Waals surface area contributed by atoms with Crippen LogP contribution in [0.3, 0.4) is 0 Å². The van der Waals surface area contributed by atoms with Gasteiger partial charge in [0, 0.05) is 11.3 Å². The molecule has 122 valence electrons. The molecule has 1 aliphatic rings. The van der Waals surface area contributed by atoms with E-state index < -0.39 is 0 Å². The molecule has 0 atom stereocenters. The maximum absolute atomic E-state index is 6.00. The van der Waals surface area contributed by atoms with Crippen molar-refractivity contribution in [3.63, 3.8) is 0 Å². The van der Waals surface area contributed by atoms with Crippen LogP contribution in [-0.2, 0) is 10.3 Å². The van der Waals surface area contributed by atoms with E-state index in [1.54, 1.807) is 7.11 Å². The minimum absolute atomic E-state index is 0.201. The van der Waals surface area contributed by atoms with Crippen LogP contribution in [0.25, 0.3) is 11.0 Å². The molecule has 0 bridgehead atoms. The molecule has 4 rings (SSSR count). The highest BCUT2D eigenvalue weighted by molar-refractivity contribution is 6.03. The summed E-state index contributed by atoms with van der Waals surface area (Å²) in [5.41, 5.74) is 3.40. The molecule has 0 N–H and O–H groups in total. The molecule has 0 unspecified atom stereocenters. The molecule has 3 aromatic rings. The van der Waals surface area contributed by atoms with Crippen molar-refractivity contribution in [3.8, 4) is 0 Å². The lowest BCUT2D eigenvalue weighted by atomic mass is 9.58. The van der Waals surface area contributed by atoms with E-state index in [1.807, 2.05) is 18.2 Å². The van der Waals surface area contributed by atoms with Crippen LogP contribution >= 0.6 is 0 Å². The number of rotatable bonds is 4. The van der Waals surface area contributed by atoms with E-state index >= 15 is 0 Å². The van der Waals surface area contributed by atoms with Crippen LogP contribution in [0.1, 0.15) is 31.1 Å². The lowest BCUT2D eigenvalue weighted by molar-refractivity contribution is 0.187. The van der Waals surface area contributed by atoms with Crippen molar-refractivity contribution in [2.75, 3.05) is 7.11 Å². The van der Waals surface area contributed by atoms with Gasteiger partial charge in [0.05, 0.1) is 0 Å². The first-order chi connectivity index (χ1) is 11.7. The van der Waals surface area contributed by atoms with E-state index in [0.29, 0.717) is 5.92 Å². The van der Waals surface area contributed by atoms with E-state index in [-0.39, 0.29) is 5.41 Å². The Kier molecular flexibility index (Phi) is 3.64. The van der Waals surface area contributed by atoms with Gasteiger partial charge in [-0.05, 0) is 36.0 Å². The van der Waals surface area contributed by atoms with E-state index in [0.717, 1.165) is 35.3 Å². The SMILES string of the molecule is CON=C(c1cc2ccccc2o1)C1CC(C)(c2ccccc2)C1. The van der Waals surface area contributed by atoms with Crippen LogP contribution < -0.4 is 0 Å². The van der Waals surface area contributed by atoms with Crippen LogP contribution in [0.4, 0.5) is 0 Å². The summed E-state index contributed by atoms with van der Waals surface area (Å²) in [6, 6.07) is 20.8. The number of furan rings is 1. The largest absolute Gasteiger partial charge is 0.455 e. The summed E-state index contributed by atoms with van der Waals surface area (Å²) in [6.07, 6.45) is 2.10. The van der Waals surface area contributed by atoms with E-state index in [2.05, 4.69) is 54.5 Å². The van der Waals surface area contributed by atoms with Crippen molar-refractivity contribution in [3.05, 3.63) is 72.0 Å². The lowest BCUT2D eigenvalue weighted by Crippen LogP contribution is -2.42. The van der Waals surface area contributed by atoms with Crippen LogP contribution in [-0.4, -0.2) is 12.8 Å². The van der Waals surface area contributed by atoms with Crippen molar-refractivity contribution in [1.82, 2.24) is 0 Å². The van der Waals surface area contributed by atoms with Crippen molar-refractivity contribution in [1.29, 1.82) is 0 Å². The summed E-state index contributed by atoms with van der Waals surface area (Å²) in [5.74, 6) is 1.17. The molecule has 1 saturated carbocycles. The fourth-order valence-corrected chi connectivity index (χ4v) is 3.82. The average molecular weight is 319 g/mol. The van der Waals surface area contributed by atoms with Gasteiger partial charge in [0.15, 0.2) is 5.76 Å². The van der Waals surface area contributed by atoms with Gasteiger partial charge in [0.25, 0.3) is 0 Å². The zero-order valence-corrected chi connectivity index (χ0v) is 14.0. The third-order valence-corrected chi connectivity index (χ3v) is 5.12. The third kappa shape index (κ3) is 2.50. The highest BCUT2D eigenvalue weighted by Crippen LogP contribution is 2.49. The third-order valence-electron chi connectivity index (χ3n) is 5.12. The fraction of sp³-hybridized carbons (Fsp3) is 0.286. The normalized spacial score (nSPS) is 23.9. The Morgan fingerprint density at radius 2 is 1.79 bits per heavy atom. The quantitative estimate of drug-likeness (QED) is 0.492. The van der Waals surface area contributed by atoms with Gasteiger partial charge in [-0.15, -0.1) is 0 Å². The first-order valence-corrected chi connectivity index (χ1v) is 8.35. The van der Waals surface area contributed by atoms with Crippen LogP contribution in [0.15, 0.2) is 70.2 Å². The summed E-state index contributed by atoms with van der Waals surface area (Å²) < 4.78 is 6.00. The molecule has 1 aromatic heterocycles. The number of hydrogen-bond acceptors (Lipinski definition) is 3. The summed E-state index contributed by atoms with van der Waals surface area (Å²) in [5, 5.41) is 5.39. The minimum Gasteiger partial charge on any atom is -0.455 e. The number of nitrogens with zero attached hydrogens (tertiary/aromatic N) is 1. The van der Waals surface area contributed by atoms with Crippen molar-refractivity contribution in [2.45, 2.75) is 25.2 Å². The monoisotopic (exact) mass is 319 g/mol. The number of hydrogen-bond donors (Lipinski definition) is 0. The van der Waals surface area contributed by atoms with Gasteiger partial charge in [-0.1, -0.05) is 60.6 Å². The fourth-order valence-electron chi connectivity index (χ4n) is 3.82. The van der Waals surface area contributed by atoms with Gasteiger partial charge in [-0.3, -0.25) is 0 Å². The molecule has 1 heterocycles. The minimum atomic E-state index is 0.201. The summed E-state index contributed by atoms with van der Waals surface area (Å²) in [7, 11) is 1.59. The van der Waals surface area contributed by atoms with Gasteiger partial charge < -0.3 is 9.25 Å². The molecule has 1 fully saturated rings. The number of benzene rings is 2. The highest BCUT2D eigenvalue weighted by Gasteiger charge is 2.45. The molecule has 3 nitrogen and oxygen atoms in total. The summed E-state index contributed by atoms with van der Waals surface area (Å²) in [4.78, 5) is 5.11. The molecule has 1 aliphatic carbocycles. The van der Waals surface area contributed by atoms with E-state index in [9.17, 15) is 0 Å². The zero-order chi connectivity index (χ0) is 16.6. The summed E-state index contributed by atoms with van der Waals surface area (Å²) >= 11 is 0. The predicted octanol–water partition coefficient (Wildman–Crippen LogP) is 5.15. The Balaban J connectivity index is 1.61. The first kappa shape index (κ1) is 15.0. The van der Waals surface area contributed by atoms with E-state index in [1.165, 1.54) is 5.56 Å². The molecule has 24 heavy (non-hydrogen) atoms. The number of oxime groups is 1. The molecule has 0 amide bonds. The average Bonchev–Trinajstić information content (AvgIpc) is 3.01. The molecule has 0 aliphatic heterocycles. The molecule has 0 saturated heterocycles. The van der Waals surface area contributed by atoms with Crippen LogP contribution in [0.5, 0.6) is 0 Å². The van der Waals surface area contributed by atoms with Crippen molar-refractivity contribution >= 4 is 16.7 Å². The van der Waals surface area contributed by atoms with Crippen LogP contribution in [0.2, 0.25) is 0 Å².